The molecule has 0 saturated heterocycles. The summed E-state index contributed by atoms with van der Waals surface area (Å²) in [6.07, 6.45) is 0.620. The van der Waals surface area contributed by atoms with Gasteiger partial charge in [-0.25, -0.2) is 9.37 Å². The molecule has 19 heavy (non-hydrogen) atoms. The summed E-state index contributed by atoms with van der Waals surface area (Å²) in [5.74, 6) is 0.120. The average Bonchev–Trinajstić information content (AvgIpc) is 2.77. The second-order valence-electron chi connectivity index (χ2n) is 4.30. The van der Waals surface area contributed by atoms with Crippen LogP contribution >= 0.6 is 0 Å². The van der Waals surface area contributed by atoms with E-state index in [-0.39, 0.29) is 19.0 Å². The molecule has 6 heteroatoms. The number of hydrogen-bond acceptors (Lipinski definition) is 5. The van der Waals surface area contributed by atoms with Crippen molar-refractivity contribution in [1.82, 2.24) is 9.88 Å². The van der Waals surface area contributed by atoms with Crippen molar-refractivity contribution in [3.63, 3.8) is 0 Å². The molecule has 0 unspecified atom stereocenters. The Labute approximate surface area is 110 Å². The van der Waals surface area contributed by atoms with E-state index in [0.717, 1.165) is 0 Å². The van der Waals surface area contributed by atoms with E-state index in [1.807, 2.05) is 4.90 Å². The summed E-state index contributed by atoms with van der Waals surface area (Å²) in [6, 6.07) is 4.21. The minimum Gasteiger partial charge on any atom is -0.439 e. The molecular formula is C13H17FN2O3. The van der Waals surface area contributed by atoms with Crippen molar-refractivity contribution in [1.29, 1.82) is 0 Å². The minimum absolute atomic E-state index is 0.0281. The van der Waals surface area contributed by atoms with Gasteiger partial charge in [-0.05, 0) is 18.6 Å². The van der Waals surface area contributed by atoms with Gasteiger partial charge in [0.2, 0.25) is 5.89 Å². The second-order valence-corrected chi connectivity index (χ2v) is 4.30. The van der Waals surface area contributed by atoms with Crippen LogP contribution in [-0.4, -0.2) is 46.4 Å². The zero-order valence-electron chi connectivity index (χ0n) is 10.5. The molecule has 0 atom stereocenters. The van der Waals surface area contributed by atoms with Crippen molar-refractivity contribution in [3.05, 3.63) is 29.9 Å². The van der Waals surface area contributed by atoms with E-state index >= 15 is 0 Å². The van der Waals surface area contributed by atoms with Crippen LogP contribution in [0.25, 0.3) is 11.1 Å². The Morgan fingerprint density at radius 3 is 2.79 bits per heavy atom. The number of fused-ring (bicyclic) bond motifs is 1. The summed E-state index contributed by atoms with van der Waals surface area (Å²) >= 11 is 0. The van der Waals surface area contributed by atoms with Crippen LogP contribution in [-0.2, 0) is 6.54 Å². The van der Waals surface area contributed by atoms with Gasteiger partial charge in [-0.15, -0.1) is 0 Å². The molecule has 0 radical (unpaired) electrons. The van der Waals surface area contributed by atoms with E-state index in [1.165, 1.54) is 12.1 Å². The topological polar surface area (TPSA) is 69.7 Å². The zero-order chi connectivity index (χ0) is 13.7. The number of nitrogens with zero attached hydrogens (tertiary/aromatic N) is 2. The van der Waals surface area contributed by atoms with E-state index in [1.54, 1.807) is 6.07 Å². The highest BCUT2D eigenvalue weighted by molar-refractivity contribution is 5.72. The van der Waals surface area contributed by atoms with Crippen LogP contribution < -0.4 is 0 Å². The van der Waals surface area contributed by atoms with Crippen molar-refractivity contribution >= 4 is 11.1 Å². The number of halogens is 1. The Morgan fingerprint density at radius 2 is 2.05 bits per heavy atom. The number of aromatic nitrogens is 1. The van der Waals surface area contributed by atoms with Crippen molar-refractivity contribution in [2.75, 3.05) is 26.3 Å². The first kappa shape index (κ1) is 13.9. The van der Waals surface area contributed by atoms with Crippen molar-refractivity contribution < 1.29 is 19.0 Å². The van der Waals surface area contributed by atoms with E-state index in [2.05, 4.69) is 4.98 Å². The quantitative estimate of drug-likeness (QED) is 0.788. The Balaban J connectivity index is 2.09. The smallest absolute Gasteiger partial charge is 0.209 e. The molecule has 0 aliphatic rings. The highest BCUT2D eigenvalue weighted by Gasteiger charge is 2.11. The van der Waals surface area contributed by atoms with E-state index in [0.29, 0.717) is 43.0 Å². The molecule has 0 spiro atoms. The third kappa shape index (κ3) is 3.73. The van der Waals surface area contributed by atoms with Gasteiger partial charge in [0.05, 0.1) is 13.2 Å². The fourth-order valence-electron chi connectivity index (χ4n) is 1.91. The molecule has 1 aromatic heterocycles. The van der Waals surface area contributed by atoms with Gasteiger partial charge in [-0.2, -0.15) is 0 Å². The van der Waals surface area contributed by atoms with Gasteiger partial charge in [0.1, 0.15) is 11.3 Å². The lowest BCUT2D eigenvalue weighted by Crippen LogP contribution is -2.28. The molecule has 5 nitrogen and oxygen atoms in total. The summed E-state index contributed by atoms with van der Waals surface area (Å²) in [5.41, 5.74) is 1.03. The summed E-state index contributed by atoms with van der Waals surface area (Å²) in [4.78, 5) is 6.19. The van der Waals surface area contributed by atoms with Gasteiger partial charge >= 0.3 is 0 Å². The van der Waals surface area contributed by atoms with Crippen LogP contribution in [0.2, 0.25) is 0 Å². The summed E-state index contributed by atoms with van der Waals surface area (Å²) < 4.78 is 18.5. The third-order valence-corrected chi connectivity index (χ3v) is 2.80. The number of benzene rings is 1. The average molecular weight is 268 g/mol. The lowest BCUT2D eigenvalue weighted by Gasteiger charge is -2.18. The maximum Gasteiger partial charge on any atom is 0.209 e. The molecule has 0 amide bonds. The zero-order valence-corrected chi connectivity index (χ0v) is 10.5. The van der Waals surface area contributed by atoms with Crippen molar-refractivity contribution in [2.45, 2.75) is 13.0 Å². The van der Waals surface area contributed by atoms with Crippen LogP contribution in [0.1, 0.15) is 12.3 Å². The number of oxazole rings is 1. The van der Waals surface area contributed by atoms with Gasteiger partial charge < -0.3 is 14.6 Å². The first-order chi connectivity index (χ1) is 9.22. The molecule has 104 valence electrons. The molecule has 2 rings (SSSR count). The standard InChI is InChI=1S/C13H17FN2O3/c14-10-2-3-11-12(8-10)19-13(15-11)9-16(5-7-18)4-1-6-17/h2-3,8,17-18H,1,4-7,9H2. The second kappa shape index (κ2) is 6.60. The van der Waals surface area contributed by atoms with Crippen LogP contribution in [0.4, 0.5) is 4.39 Å². The Bertz CT molecular complexity index is 530. The third-order valence-electron chi connectivity index (χ3n) is 2.80. The lowest BCUT2D eigenvalue weighted by atomic mass is 10.3. The molecule has 0 aliphatic heterocycles. The highest BCUT2D eigenvalue weighted by atomic mass is 19.1. The van der Waals surface area contributed by atoms with Gasteiger partial charge in [0, 0.05) is 25.8 Å². The molecule has 2 N–H and O–H groups in total. The van der Waals surface area contributed by atoms with Crippen molar-refractivity contribution in [2.24, 2.45) is 0 Å². The fraction of sp³-hybridized carbons (Fsp3) is 0.462. The van der Waals surface area contributed by atoms with Crippen LogP contribution in [0.15, 0.2) is 22.6 Å². The van der Waals surface area contributed by atoms with E-state index < -0.39 is 0 Å². The minimum atomic E-state index is -0.359. The molecule has 0 saturated carbocycles. The molecule has 0 aliphatic carbocycles. The summed E-state index contributed by atoms with van der Waals surface area (Å²) in [5, 5.41) is 17.8. The van der Waals surface area contributed by atoms with E-state index in [9.17, 15) is 4.39 Å². The first-order valence-corrected chi connectivity index (χ1v) is 6.22. The predicted molar refractivity (Wildman–Crippen MR) is 68.0 cm³/mol. The van der Waals surface area contributed by atoms with Gasteiger partial charge in [0.15, 0.2) is 5.58 Å². The SMILES string of the molecule is OCCCN(CCO)Cc1nc2ccc(F)cc2o1. The molecular weight excluding hydrogens is 251 g/mol. The monoisotopic (exact) mass is 268 g/mol. The molecule has 1 aromatic carbocycles. The van der Waals surface area contributed by atoms with E-state index in [4.69, 9.17) is 14.6 Å². The number of aliphatic hydroxyl groups is 2. The fourth-order valence-corrected chi connectivity index (χ4v) is 1.91. The lowest BCUT2D eigenvalue weighted by molar-refractivity contribution is 0.165. The number of hydrogen-bond donors (Lipinski definition) is 2. The maximum absolute atomic E-state index is 13.0. The van der Waals surface area contributed by atoms with Crippen molar-refractivity contribution in [3.8, 4) is 0 Å². The number of rotatable bonds is 7. The Hall–Kier alpha value is -1.50. The van der Waals surface area contributed by atoms with Gasteiger partial charge in [-0.3, -0.25) is 4.90 Å². The van der Waals surface area contributed by atoms with Crippen LogP contribution in [0.5, 0.6) is 0 Å². The summed E-state index contributed by atoms with van der Waals surface area (Å²) in [6.45, 7) is 1.68. The molecule has 2 aromatic rings. The van der Waals surface area contributed by atoms with Gasteiger partial charge in [0.25, 0.3) is 0 Å². The maximum atomic E-state index is 13.0. The van der Waals surface area contributed by atoms with Crippen LogP contribution in [0.3, 0.4) is 0 Å². The summed E-state index contributed by atoms with van der Waals surface area (Å²) in [7, 11) is 0. The first-order valence-electron chi connectivity index (χ1n) is 6.22. The normalized spacial score (nSPS) is 11.6. The predicted octanol–water partition coefficient (Wildman–Crippen LogP) is 1.14. The molecule has 1 heterocycles. The molecule has 0 bridgehead atoms. The Morgan fingerprint density at radius 1 is 1.21 bits per heavy atom. The molecule has 0 fully saturated rings. The van der Waals surface area contributed by atoms with Crippen LogP contribution in [0, 0.1) is 5.82 Å². The Kier molecular flexibility index (Phi) is 4.84. The largest absolute Gasteiger partial charge is 0.439 e. The highest BCUT2D eigenvalue weighted by Crippen LogP contribution is 2.17. The van der Waals surface area contributed by atoms with Gasteiger partial charge in [-0.1, -0.05) is 0 Å². The number of aliphatic hydroxyl groups excluding tert-OH is 2.